The Kier molecular flexibility index (Phi) is 4.19. The fraction of sp³-hybridized carbons (Fsp3) is 0.600. The van der Waals surface area contributed by atoms with Crippen molar-refractivity contribution in [2.24, 2.45) is 0 Å². The van der Waals surface area contributed by atoms with Crippen LogP contribution in [0.4, 0.5) is 0 Å². The predicted octanol–water partition coefficient (Wildman–Crippen LogP) is 3.03. The van der Waals surface area contributed by atoms with Gasteiger partial charge in [0.2, 0.25) is 0 Å². The molecule has 2 heteroatoms. The Hall–Kier alpha value is -0.860. The lowest BCUT2D eigenvalue weighted by Gasteiger charge is -2.33. The average Bonchev–Trinajstić information content (AvgIpc) is 2.35. The molecule has 0 spiro atoms. The molecule has 1 heterocycles. The molecule has 1 aromatic rings. The summed E-state index contributed by atoms with van der Waals surface area (Å²) < 4.78 is 5.95. The molecular weight excluding hydrogens is 210 g/mol. The number of rotatable bonds is 4. The molecule has 2 nitrogen and oxygen atoms in total. The minimum atomic E-state index is 0.252. The summed E-state index contributed by atoms with van der Waals surface area (Å²) in [7, 11) is 0. The van der Waals surface area contributed by atoms with Gasteiger partial charge in [-0.05, 0) is 37.9 Å². The van der Waals surface area contributed by atoms with E-state index in [1.54, 1.807) is 0 Å². The van der Waals surface area contributed by atoms with E-state index in [0.717, 1.165) is 26.1 Å². The molecule has 1 aliphatic heterocycles. The van der Waals surface area contributed by atoms with Crippen molar-refractivity contribution in [1.29, 1.82) is 0 Å². The first-order valence-electron chi connectivity index (χ1n) is 6.65. The second-order valence-electron chi connectivity index (χ2n) is 4.99. The Bertz CT molecular complexity index is 362. The second-order valence-corrected chi connectivity index (χ2v) is 4.99. The maximum absolute atomic E-state index is 5.95. The van der Waals surface area contributed by atoms with Crippen LogP contribution >= 0.6 is 0 Å². The molecule has 1 aromatic carbocycles. The van der Waals surface area contributed by atoms with Crippen molar-refractivity contribution in [1.82, 2.24) is 4.90 Å². The minimum absolute atomic E-state index is 0.252. The van der Waals surface area contributed by atoms with Gasteiger partial charge in [-0.25, -0.2) is 0 Å². The summed E-state index contributed by atoms with van der Waals surface area (Å²) in [6.45, 7) is 9.66. The van der Waals surface area contributed by atoms with Gasteiger partial charge in [0.05, 0.1) is 12.7 Å². The molecule has 17 heavy (non-hydrogen) atoms. The summed E-state index contributed by atoms with van der Waals surface area (Å²) in [5.41, 5.74) is 2.85. The van der Waals surface area contributed by atoms with Gasteiger partial charge in [0.15, 0.2) is 0 Å². The van der Waals surface area contributed by atoms with E-state index < -0.39 is 0 Å². The van der Waals surface area contributed by atoms with Gasteiger partial charge >= 0.3 is 0 Å². The van der Waals surface area contributed by atoms with E-state index in [4.69, 9.17) is 4.74 Å². The van der Waals surface area contributed by atoms with Crippen LogP contribution < -0.4 is 0 Å². The van der Waals surface area contributed by atoms with Crippen molar-refractivity contribution < 1.29 is 4.74 Å². The second kappa shape index (κ2) is 5.65. The number of nitrogens with zero attached hydrogens (tertiary/aromatic N) is 1. The number of ether oxygens (including phenoxy) is 1. The quantitative estimate of drug-likeness (QED) is 0.792. The minimum Gasteiger partial charge on any atom is -0.372 e. The van der Waals surface area contributed by atoms with Gasteiger partial charge in [-0.2, -0.15) is 0 Å². The van der Waals surface area contributed by atoms with Crippen LogP contribution in [0.5, 0.6) is 0 Å². The monoisotopic (exact) mass is 233 g/mol. The third kappa shape index (κ3) is 2.88. The lowest BCUT2D eigenvalue weighted by atomic mass is 9.97. The van der Waals surface area contributed by atoms with Gasteiger partial charge in [-0.3, -0.25) is 4.90 Å². The Morgan fingerprint density at radius 3 is 2.82 bits per heavy atom. The molecule has 0 aromatic heterocycles. The Morgan fingerprint density at radius 2 is 2.12 bits per heavy atom. The Balaban J connectivity index is 2.13. The van der Waals surface area contributed by atoms with Gasteiger partial charge in [-0.15, -0.1) is 0 Å². The number of hydrogen-bond donors (Lipinski definition) is 0. The third-order valence-electron chi connectivity index (χ3n) is 3.63. The predicted molar refractivity (Wildman–Crippen MR) is 71.2 cm³/mol. The zero-order chi connectivity index (χ0) is 12.3. The number of fused-ring (bicyclic) bond motifs is 1. The molecule has 0 unspecified atom stereocenters. The molecule has 0 radical (unpaired) electrons. The van der Waals surface area contributed by atoms with Crippen LogP contribution in [0, 0.1) is 0 Å². The maximum atomic E-state index is 5.95. The highest BCUT2D eigenvalue weighted by atomic mass is 16.5. The third-order valence-corrected chi connectivity index (χ3v) is 3.63. The first-order chi connectivity index (χ1) is 8.22. The average molecular weight is 233 g/mol. The van der Waals surface area contributed by atoms with Gasteiger partial charge in [0, 0.05) is 12.6 Å². The summed E-state index contributed by atoms with van der Waals surface area (Å²) in [5, 5.41) is 0. The van der Waals surface area contributed by atoms with Gasteiger partial charge in [0.25, 0.3) is 0 Å². The lowest BCUT2D eigenvalue weighted by molar-refractivity contribution is 0.0105. The summed E-state index contributed by atoms with van der Waals surface area (Å²) in [6, 6.07) is 9.27. The normalized spacial score (nSPS) is 19.7. The summed E-state index contributed by atoms with van der Waals surface area (Å²) in [5.74, 6) is 0. The van der Waals surface area contributed by atoms with E-state index in [-0.39, 0.29) is 6.10 Å². The van der Waals surface area contributed by atoms with Crippen molar-refractivity contribution in [2.75, 3.05) is 19.7 Å². The zero-order valence-corrected chi connectivity index (χ0v) is 11.1. The highest BCUT2D eigenvalue weighted by Crippen LogP contribution is 2.27. The summed E-state index contributed by atoms with van der Waals surface area (Å²) in [4.78, 5) is 2.47. The van der Waals surface area contributed by atoms with E-state index >= 15 is 0 Å². The molecule has 1 aliphatic rings. The Labute approximate surface area is 105 Å². The SMILES string of the molecule is CCN(C[C@H]1OCCc2ccccc21)C(C)C. The smallest absolute Gasteiger partial charge is 0.0954 e. The van der Waals surface area contributed by atoms with Crippen LogP contribution in [0.25, 0.3) is 0 Å². The molecule has 0 saturated carbocycles. The molecule has 0 bridgehead atoms. The lowest BCUT2D eigenvalue weighted by Crippen LogP contribution is -2.36. The highest BCUT2D eigenvalue weighted by molar-refractivity contribution is 5.31. The number of benzene rings is 1. The molecule has 0 fully saturated rings. The van der Waals surface area contributed by atoms with Crippen LogP contribution in [0.1, 0.15) is 38.0 Å². The summed E-state index contributed by atoms with van der Waals surface area (Å²) in [6.07, 6.45) is 1.31. The summed E-state index contributed by atoms with van der Waals surface area (Å²) >= 11 is 0. The number of likely N-dealkylation sites (N-methyl/N-ethyl adjacent to an activating group) is 1. The largest absolute Gasteiger partial charge is 0.372 e. The molecule has 0 saturated heterocycles. The molecule has 0 amide bonds. The zero-order valence-electron chi connectivity index (χ0n) is 11.1. The molecule has 2 rings (SSSR count). The Morgan fingerprint density at radius 1 is 1.35 bits per heavy atom. The fourth-order valence-electron chi connectivity index (χ4n) is 2.55. The van der Waals surface area contributed by atoms with Gasteiger partial charge < -0.3 is 4.74 Å². The van der Waals surface area contributed by atoms with Crippen molar-refractivity contribution in [2.45, 2.75) is 39.3 Å². The van der Waals surface area contributed by atoms with Crippen LogP contribution in [0.15, 0.2) is 24.3 Å². The van der Waals surface area contributed by atoms with Crippen LogP contribution in [0.3, 0.4) is 0 Å². The standard InChI is InChI=1S/C15H23NO/c1-4-16(12(2)3)11-15-14-8-6-5-7-13(14)9-10-17-15/h5-8,12,15H,4,9-11H2,1-3H3/t15-/m1/s1. The first-order valence-corrected chi connectivity index (χ1v) is 6.65. The molecule has 1 atom stereocenters. The topological polar surface area (TPSA) is 12.5 Å². The van der Waals surface area contributed by atoms with Gasteiger partial charge in [0.1, 0.15) is 0 Å². The molecule has 0 N–H and O–H groups in total. The van der Waals surface area contributed by atoms with Crippen molar-refractivity contribution in [3.8, 4) is 0 Å². The van der Waals surface area contributed by atoms with E-state index in [2.05, 4.69) is 49.9 Å². The molecule has 94 valence electrons. The van der Waals surface area contributed by atoms with E-state index in [1.165, 1.54) is 11.1 Å². The number of hydrogen-bond acceptors (Lipinski definition) is 2. The first kappa shape index (κ1) is 12.6. The molecular formula is C15H23NO. The van der Waals surface area contributed by atoms with E-state index in [9.17, 15) is 0 Å². The van der Waals surface area contributed by atoms with Crippen molar-refractivity contribution in [3.05, 3.63) is 35.4 Å². The fourth-order valence-corrected chi connectivity index (χ4v) is 2.55. The van der Waals surface area contributed by atoms with E-state index in [0.29, 0.717) is 6.04 Å². The van der Waals surface area contributed by atoms with Crippen LogP contribution in [-0.4, -0.2) is 30.6 Å². The highest BCUT2D eigenvalue weighted by Gasteiger charge is 2.23. The van der Waals surface area contributed by atoms with Crippen LogP contribution in [0.2, 0.25) is 0 Å². The maximum Gasteiger partial charge on any atom is 0.0954 e. The van der Waals surface area contributed by atoms with Crippen molar-refractivity contribution >= 4 is 0 Å². The van der Waals surface area contributed by atoms with Crippen molar-refractivity contribution in [3.63, 3.8) is 0 Å². The molecule has 0 aliphatic carbocycles. The van der Waals surface area contributed by atoms with Crippen LogP contribution in [-0.2, 0) is 11.2 Å². The van der Waals surface area contributed by atoms with Gasteiger partial charge in [-0.1, -0.05) is 31.2 Å². The van der Waals surface area contributed by atoms with E-state index in [1.807, 2.05) is 0 Å².